The van der Waals surface area contributed by atoms with Crippen LogP contribution in [-0.4, -0.2) is 28.2 Å². The number of pyridine rings is 1. The van der Waals surface area contributed by atoms with Crippen LogP contribution < -0.4 is 20.3 Å². The van der Waals surface area contributed by atoms with Crippen molar-refractivity contribution in [2.45, 2.75) is 6.54 Å². The lowest BCUT2D eigenvalue weighted by molar-refractivity contribution is 0.171. The Balaban J connectivity index is 1.44. The zero-order chi connectivity index (χ0) is 20.5. The van der Waals surface area contributed by atoms with Crippen molar-refractivity contribution >= 4 is 32.9 Å². The largest absolute Gasteiger partial charge is 0.486 e. The average molecular weight is 465 g/mol. The van der Waals surface area contributed by atoms with Crippen LogP contribution in [0.5, 0.6) is 11.5 Å². The monoisotopic (exact) mass is 464 g/mol. The van der Waals surface area contributed by atoms with Crippen molar-refractivity contribution in [3.63, 3.8) is 0 Å². The third-order valence-corrected chi connectivity index (χ3v) is 5.36. The third kappa shape index (κ3) is 3.61. The molecule has 0 spiro atoms. The number of ether oxygens (including phenoxy) is 2. The second kappa shape index (κ2) is 7.79. The Hall–Kier alpha value is -3.39. The van der Waals surface area contributed by atoms with Crippen LogP contribution in [0.3, 0.4) is 0 Å². The summed E-state index contributed by atoms with van der Waals surface area (Å²) in [6.07, 6.45) is 1.66. The van der Waals surface area contributed by atoms with E-state index in [4.69, 9.17) is 9.47 Å². The van der Waals surface area contributed by atoms with Crippen LogP contribution in [0, 0.1) is 0 Å². The molecule has 0 saturated heterocycles. The van der Waals surface area contributed by atoms with Gasteiger partial charge in [-0.05, 0) is 47.0 Å². The summed E-state index contributed by atoms with van der Waals surface area (Å²) < 4.78 is 12.1. The minimum Gasteiger partial charge on any atom is -0.486 e. The van der Waals surface area contributed by atoms with E-state index in [1.165, 1.54) is 0 Å². The molecule has 0 saturated carbocycles. The van der Waals surface area contributed by atoms with Crippen molar-refractivity contribution in [2.24, 2.45) is 0 Å². The van der Waals surface area contributed by atoms with Gasteiger partial charge in [-0.3, -0.25) is 9.78 Å². The van der Waals surface area contributed by atoms with E-state index in [1.54, 1.807) is 6.20 Å². The molecule has 1 aliphatic heterocycles. The first-order valence-electron chi connectivity index (χ1n) is 9.45. The van der Waals surface area contributed by atoms with Gasteiger partial charge in [0.05, 0.1) is 5.39 Å². The van der Waals surface area contributed by atoms with Gasteiger partial charge < -0.3 is 14.8 Å². The highest BCUT2D eigenvalue weighted by atomic mass is 79.9. The second-order valence-corrected chi connectivity index (χ2v) is 7.73. The quantitative estimate of drug-likeness (QED) is 0.471. The smallest absolute Gasteiger partial charge is 0.262 e. The second-order valence-electron chi connectivity index (χ2n) is 6.81. The number of hydrogen-bond donors (Lipinski definition) is 2. The first kappa shape index (κ1) is 18.6. The molecule has 2 aromatic carbocycles. The highest BCUT2D eigenvalue weighted by Crippen LogP contribution is 2.31. The van der Waals surface area contributed by atoms with Crippen LogP contribution in [0.15, 0.2) is 64.0 Å². The van der Waals surface area contributed by atoms with Crippen LogP contribution in [0.4, 0.5) is 5.95 Å². The Bertz CT molecular complexity index is 1290. The summed E-state index contributed by atoms with van der Waals surface area (Å²) in [6.45, 7) is 1.56. The Kier molecular flexibility index (Phi) is 4.84. The van der Waals surface area contributed by atoms with E-state index in [2.05, 4.69) is 36.2 Å². The maximum atomic E-state index is 12.8. The minimum absolute atomic E-state index is 0.240. The molecular weight excluding hydrogens is 448 g/mol. The molecule has 0 amide bonds. The average Bonchev–Trinajstić information content (AvgIpc) is 2.77. The Morgan fingerprint density at radius 3 is 2.67 bits per heavy atom. The lowest BCUT2D eigenvalue weighted by Crippen LogP contribution is -2.16. The van der Waals surface area contributed by atoms with Crippen molar-refractivity contribution in [1.82, 2.24) is 15.0 Å². The summed E-state index contributed by atoms with van der Waals surface area (Å²) in [7, 11) is 0. The van der Waals surface area contributed by atoms with Gasteiger partial charge in [-0.15, -0.1) is 0 Å². The molecule has 0 unspecified atom stereocenters. The van der Waals surface area contributed by atoms with E-state index in [1.807, 2.05) is 48.5 Å². The number of rotatable bonds is 4. The van der Waals surface area contributed by atoms with Crippen LogP contribution in [-0.2, 0) is 6.54 Å². The van der Waals surface area contributed by atoms with Gasteiger partial charge in [0.1, 0.15) is 13.2 Å². The predicted molar refractivity (Wildman–Crippen MR) is 118 cm³/mol. The lowest BCUT2D eigenvalue weighted by Gasteiger charge is -2.19. The van der Waals surface area contributed by atoms with E-state index < -0.39 is 0 Å². The van der Waals surface area contributed by atoms with Crippen LogP contribution in [0.25, 0.3) is 22.2 Å². The van der Waals surface area contributed by atoms with E-state index in [0.717, 1.165) is 32.7 Å². The number of H-pyrrole nitrogens is 1. The molecule has 4 aromatic rings. The van der Waals surface area contributed by atoms with E-state index in [-0.39, 0.29) is 5.56 Å². The molecule has 0 radical (unpaired) electrons. The molecule has 3 heterocycles. The van der Waals surface area contributed by atoms with Gasteiger partial charge in [-0.2, -0.15) is 4.98 Å². The number of aromatic nitrogens is 3. The van der Waals surface area contributed by atoms with Crippen molar-refractivity contribution in [3.05, 3.63) is 75.1 Å². The minimum atomic E-state index is -0.240. The topological polar surface area (TPSA) is 89.1 Å². The van der Waals surface area contributed by atoms with Crippen molar-refractivity contribution in [1.29, 1.82) is 0 Å². The molecule has 0 fully saturated rings. The standard InChI is InChI=1S/C22H17BrN4O3/c23-15-4-2-14(3-5-15)16-7-8-24-20-19(16)21(28)27-22(26-20)25-12-13-1-6-17-18(11-13)30-10-9-29-17/h1-8,11H,9-10,12H2,(H2,24,25,26,27,28). The van der Waals surface area contributed by atoms with Gasteiger partial charge in [0.25, 0.3) is 5.56 Å². The number of benzene rings is 2. The van der Waals surface area contributed by atoms with E-state index >= 15 is 0 Å². The fourth-order valence-electron chi connectivity index (χ4n) is 3.40. The zero-order valence-electron chi connectivity index (χ0n) is 15.8. The van der Waals surface area contributed by atoms with Gasteiger partial charge >= 0.3 is 0 Å². The summed E-state index contributed by atoms with van der Waals surface area (Å²) in [4.78, 5) is 24.5. The fraction of sp³-hybridized carbons (Fsp3) is 0.136. The molecule has 150 valence electrons. The normalized spacial score (nSPS) is 12.7. The number of anilines is 1. The van der Waals surface area contributed by atoms with E-state index in [0.29, 0.717) is 36.7 Å². The number of aromatic amines is 1. The zero-order valence-corrected chi connectivity index (χ0v) is 17.4. The van der Waals surface area contributed by atoms with Crippen LogP contribution in [0.1, 0.15) is 5.56 Å². The molecule has 1 aliphatic rings. The molecule has 2 aromatic heterocycles. The number of nitrogens with zero attached hydrogens (tertiary/aromatic N) is 2. The van der Waals surface area contributed by atoms with Gasteiger partial charge in [0.15, 0.2) is 17.1 Å². The highest BCUT2D eigenvalue weighted by Gasteiger charge is 2.13. The maximum absolute atomic E-state index is 12.8. The fourth-order valence-corrected chi connectivity index (χ4v) is 3.66. The molecule has 30 heavy (non-hydrogen) atoms. The van der Waals surface area contributed by atoms with Crippen LogP contribution in [0.2, 0.25) is 0 Å². The summed E-state index contributed by atoms with van der Waals surface area (Å²) in [5.41, 5.74) is 2.85. The maximum Gasteiger partial charge on any atom is 0.262 e. The number of fused-ring (bicyclic) bond motifs is 2. The van der Waals surface area contributed by atoms with Gasteiger partial charge in [0, 0.05) is 17.2 Å². The Morgan fingerprint density at radius 1 is 1.03 bits per heavy atom. The Morgan fingerprint density at radius 2 is 1.83 bits per heavy atom. The summed E-state index contributed by atoms with van der Waals surface area (Å²) in [5.74, 6) is 1.83. The van der Waals surface area contributed by atoms with Gasteiger partial charge in [-0.1, -0.05) is 34.1 Å². The number of halogens is 1. The molecular formula is C22H17BrN4O3. The Labute approximate surface area is 180 Å². The first-order valence-corrected chi connectivity index (χ1v) is 10.2. The first-order chi connectivity index (χ1) is 14.7. The summed E-state index contributed by atoms with van der Waals surface area (Å²) in [6, 6.07) is 15.4. The SMILES string of the molecule is O=c1[nH]c(NCc2ccc3c(c2)OCCO3)nc2nccc(-c3ccc(Br)cc3)c12. The molecule has 0 bridgehead atoms. The van der Waals surface area contributed by atoms with Gasteiger partial charge in [0.2, 0.25) is 5.95 Å². The lowest BCUT2D eigenvalue weighted by atomic mass is 10.0. The van der Waals surface area contributed by atoms with Crippen molar-refractivity contribution in [2.75, 3.05) is 18.5 Å². The number of hydrogen-bond acceptors (Lipinski definition) is 6. The van der Waals surface area contributed by atoms with E-state index in [9.17, 15) is 4.79 Å². The molecule has 0 aliphatic carbocycles. The predicted octanol–water partition coefficient (Wildman–Crippen LogP) is 4.13. The number of nitrogens with one attached hydrogen (secondary N) is 2. The third-order valence-electron chi connectivity index (χ3n) is 4.83. The molecule has 0 atom stereocenters. The highest BCUT2D eigenvalue weighted by molar-refractivity contribution is 9.10. The summed E-state index contributed by atoms with van der Waals surface area (Å²) in [5, 5.41) is 3.62. The van der Waals surface area contributed by atoms with Crippen molar-refractivity contribution < 1.29 is 9.47 Å². The van der Waals surface area contributed by atoms with Gasteiger partial charge in [-0.25, -0.2) is 4.98 Å². The molecule has 5 rings (SSSR count). The molecule has 7 nitrogen and oxygen atoms in total. The molecule has 2 N–H and O–H groups in total. The van der Waals surface area contributed by atoms with Crippen molar-refractivity contribution in [3.8, 4) is 22.6 Å². The van der Waals surface area contributed by atoms with Crippen LogP contribution >= 0.6 is 15.9 Å². The summed E-state index contributed by atoms with van der Waals surface area (Å²) >= 11 is 3.43. The molecule has 8 heteroatoms.